The van der Waals surface area contributed by atoms with Gasteiger partial charge >= 0.3 is 0 Å². The van der Waals surface area contributed by atoms with E-state index in [-0.39, 0.29) is 0 Å². The largest absolute Gasteiger partial charge is 0.310 e. The molecule has 0 bridgehead atoms. The average molecular weight is 939 g/mol. The highest BCUT2D eigenvalue weighted by atomic mass is 15.1. The predicted molar refractivity (Wildman–Crippen MR) is 306 cm³/mol. The molecule has 0 N–H and O–H groups in total. The van der Waals surface area contributed by atoms with Crippen LogP contribution in [0.5, 0.6) is 0 Å². The first kappa shape index (κ1) is 41.2. The highest BCUT2D eigenvalue weighted by Crippen LogP contribution is 2.67. The van der Waals surface area contributed by atoms with E-state index >= 15 is 0 Å². The van der Waals surface area contributed by atoms with E-state index in [1.165, 1.54) is 99.8 Å². The van der Waals surface area contributed by atoms with E-state index < -0.39 is 10.8 Å². The summed E-state index contributed by atoms with van der Waals surface area (Å²) in [4.78, 5) is 4.95. The smallest absolute Gasteiger partial charge is 0.0727 e. The van der Waals surface area contributed by atoms with Gasteiger partial charge < -0.3 is 9.80 Å². The van der Waals surface area contributed by atoms with E-state index in [4.69, 9.17) is 0 Å². The molecule has 4 aliphatic rings. The summed E-state index contributed by atoms with van der Waals surface area (Å²) < 4.78 is 0. The molecule has 2 spiro atoms. The van der Waals surface area contributed by atoms with Crippen LogP contribution in [0.15, 0.2) is 279 Å². The third-order valence-corrected chi connectivity index (χ3v) is 16.8. The number of fused-ring (bicyclic) bond motifs is 22. The van der Waals surface area contributed by atoms with E-state index in [0.717, 1.165) is 34.1 Å². The van der Waals surface area contributed by atoms with Crippen molar-refractivity contribution < 1.29 is 0 Å². The molecule has 12 aromatic carbocycles. The molecule has 0 saturated carbocycles. The lowest BCUT2D eigenvalue weighted by atomic mass is 9.70. The van der Waals surface area contributed by atoms with Gasteiger partial charge in [0, 0.05) is 33.8 Å². The molecule has 0 fully saturated rings. The molecule has 0 amide bonds. The number of anilines is 6. The summed E-state index contributed by atoms with van der Waals surface area (Å²) >= 11 is 0. The number of rotatable bonds is 6. The first-order valence-corrected chi connectivity index (χ1v) is 25.8. The van der Waals surface area contributed by atoms with Crippen LogP contribution in [0.3, 0.4) is 0 Å². The fourth-order valence-electron chi connectivity index (χ4n) is 14.1. The monoisotopic (exact) mass is 938 g/mol. The van der Waals surface area contributed by atoms with Gasteiger partial charge in [0.05, 0.1) is 16.5 Å². The van der Waals surface area contributed by atoms with Crippen molar-refractivity contribution in [1.29, 1.82) is 0 Å². The second kappa shape index (κ2) is 15.5. The highest BCUT2D eigenvalue weighted by molar-refractivity contribution is 6.12. The lowest BCUT2D eigenvalue weighted by Gasteiger charge is -2.34. The summed E-state index contributed by atoms with van der Waals surface area (Å²) in [7, 11) is 0. The summed E-state index contributed by atoms with van der Waals surface area (Å²) in [6, 6.07) is 105. The Kier molecular flexibility index (Phi) is 8.62. The van der Waals surface area contributed by atoms with E-state index in [1.54, 1.807) is 0 Å². The molecule has 344 valence electrons. The van der Waals surface area contributed by atoms with Gasteiger partial charge in [-0.15, -0.1) is 0 Å². The van der Waals surface area contributed by atoms with Gasteiger partial charge in [-0.25, -0.2) is 0 Å². The molecule has 0 radical (unpaired) electrons. The number of benzene rings is 12. The summed E-state index contributed by atoms with van der Waals surface area (Å²) in [5, 5.41) is 2.46. The van der Waals surface area contributed by atoms with E-state index in [0.29, 0.717) is 0 Å². The number of hydrogen-bond donors (Lipinski definition) is 0. The average Bonchev–Trinajstić information content (AvgIpc) is 4.18. The van der Waals surface area contributed by atoms with Crippen molar-refractivity contribution >= 4 is 44.9 Å². The van der Waals surface area contributed by atoms with Crippen molar-refractivity contribution in [2.45, 2.75) is 10.8 Å². The molecule has 4 aliphatic carbocycles. The zero-order chi connectivity index (χ0) is 48.5. The van der Waals surface area contributed by atoms with Crippen LogP contribution in [0.4, 0.5) is 34.1 Å². The van der Waals surface area contributed by atoms with Crippen molar-refractivity contribution in [3.8, 4) is 44.5 Å². The number of hydrogen-bond acceptors (Lipinski definition) is 2. The maximum Gasteiger partial charge on any atom is 0.0727 e. The standard InChI is InChI=1S/C72H46N2/c1-4-22-47(23-5-1)73(50-40-42-56-54-30-14-19-37-63(54)71(66(56)44-50)61-35-17-12-28-52(61)53-29-13-18-36-62(53)71)51-41-43-57-55-31-15-20-38-64(55)72(67(57)45-51)65-39-21-16-34-60(65)70-59-33-11-10-32-58(59)69(46-68(70)72)74(48-24-6-2-7-25-48)49-26-8-3-9-27-49/h1-46H. The van der Waals surface area contributed by atoms with Crippen molar-refractivity contribution in [2.75, 3.05) is 9.80 Å². The minimum Gasteiger partial charge on any atom is -0.310 e. The number of nitrogens with zero attached hydrogens (tertiary/aromatic N) is 2. The van der Waals surface area contributed by atoms with Crippen molar-refractivity contribution in [3.63, 3.8) is 0 Å². The fourth-order valence-corrected chi connectivity index (χ4v) is 14.1. The van der Waals surface area contributed by atoms with Crippen LogP contribution in [0, 0.1) is 0 Å². The van der Waals surface area contributed by atoms with E-state index in [1.807, 2.05) is 0 Å². The quantitative estimate of drug-likeness (QED) is 0.164. The molecule has 1 atom stereocenters. The van der Waals surface area contributed by atoms with Gasteiger partial charge in [-0.2, -0.15) is 0 Å². The molecule has 0 saturated heterocycles. The number of para-hydroxylation sites is 3. The van der Waals surface area contributed by atoms with Crippen molar-refractivity contribution in [1.82, 2.24) is 0 Å². The topological polar surface area (TPSA) is 6.48 Å². The summed E-state index contributed by atoms with van der Waals surface area (Å²) in [6.45, 7) is 0. The summed E-state index contributed by atoms with van der Waals surface area (Å²) in [5.41, 5.74) is 26.5. The lowest BCUT2D eigenvalue weighted by molar-refractivity contribution is 0.793. The third kappa shape index (κ3) is 5.33. The van der Waals surface area contributed by atoms with Crippen LogP contribution in [0.25, 0.3) is 55.3 Å². The first-order valence-electron chi connectivity index (χ1n) is 25.8. The Balaban J connectivity index is 0.967. The van der Waals surface area contributed by atoms with Crippen molar-refractivity contribution in [2.24, 2.45) is 0 Å². The van der Waals surface area contributed by atoms with Crippen LogP contribution >= 0.6 is 0 Å². The minimum atomic E-state index is -0.630. The molecule has 16 rings (SSSR count). The van der Waals surface area contributed by atoms with Crippen LogP contribution in [-0.4, -0.2) is 0 Å². The zero-order valence-corrected chi connectivity index (χ0v) is 40.5. The second-order valence-corrected chi connectivity index (χ2v) is 20.2. The van der Waals surface area contributed by atoms with Crippen molar-refractivity contribution in [3.05, 3.63) is 324 Å². The molecule has 0 aromatic heterocycles. The van der Waals surface area contributed by atoms with Gasteiger partial charge in [-0.05, 0) is 161 Å². The summed E-state index contributed by atoms with van der Waals surface area (Å²) in [5.74, 6) is 0. The predicted octanol–water partition coefficient (Wildman–Crippen LogP) is 18.5. The molecule has 12 aromatic rings. The Morgan fingerprint density at radius 3 is 0.973 bits per heavy atom. The van der Waals surface area contributed by atoms with Gasteiger partial charge in [-0.1, -0.05) is 212 Å². The van der Waals surface area contributed by atoms with E-state index in [9.17, 15) is 0 Å². The van der Waals surface area contributed by atoms with Crippen LogP contribution in [0.1, 0.15) is 44.5 Å². The minimum absolute atomic E-state index is 0.466. The zero-order valence-electron chi connectivity index (χ0n) is 40.5. The molecule has 2 nitrogen and oxygen atoms in total. The van der Waals surface area contributed by atoms with Crippen LogP contribution < -0.4 is 9.80 Å². The maximum absolute atomic E-state index is 2.54. The normalized spacial score (nSPS) is 15.2. The molecular formula is C72H46N2. The van der Waals surface area contributed by atoms with Crippen LogP contribution in [-0.2, 0) is 10.8 Å². The molecule has 2 heteroatoms. The Labute approximate surface area is 431 Å². The SMILES string of the molecule is c1ccc(N(c2ccc3c(c2)C2(c4ccccc4-c4ccccc42)c2ccccc2-3)c2ccc3c(c2)C2(c4ccccc4-3)c3ccccc3-c3c2cc(N(c2ccccc2)c2ccccc2)c2ccccc32)cc1. The third-order valence-electron chi connectivity index (χ3n) is 16.8. The van der Waals surface area contributed by atoms with Gasteiger partial charge in [0.25, 0.3) is 0 Å². The fraction of sp³-hybridized carbons (Fsp3) is 0.0278. The second-order valence-electron chi connectivity index (χ2n) is 20.2. The highest BCUT2D eigenvalue weighted by Gasteiger charge is 2.54. The Morgan fingerprint density at radius 1 is 0.203 bits per heavy atom. The first-order chi connectivity index (χ1) is 36.7. The van der Waals surface area contributed by atoms with Gasteiger partial charge in [0.15, 0.2) is 0 Å². The van der Waals surface area contributed by atoms with Crippen LogP contribution in [0.2, 0.25) is 0 Å². The van der Waals surface area contributed by atoms with Gasteiger partial charge in [0.2, 0.25) is 0 Å². The molecular weight excluding hydrogens is 893 g/mol. The molecule has 74 heavy (non-hydrogen) atoms. The summed E-state index contributed by atoms with van der Waals surface area (Å²) in [6.07, 6.45) is 0. The molecule has 0 aliphatic heterocycles. The van der Waals surface area contributed by atoms with Gasteiger partial charge in [-0.3, -0.25) is 0 Å². The lowest BCUT2D eigenvalue weighted by Crippen LogP contribution is -2.27. The Bertz CT molecular complexity index is 4170. The van der Waals surface area contributed by atoms with Gasteiger partial charge in [0.1, 0.15) is 0 Å². The molecule has 0 heterocycles. The maximum atomic E-state index is 2.54. The Morgan fingerprint density at radius 2 is 0.527 bits per heavy atom. The van der Waals surface area contributed by atoms with E-state index in [2.05, 4.69) is 289 Å². The Hall–Kier alpha value is -9.50. The molecule has 1 unspecified atom stereocenters.